The molecular formula is C24H20N2O3. The van der Waals surface area contributed by atoms with E-state index in [4.69, 9.17) is 4.74 Å². The van der Waals surface area contributed by atoms with E-state index in [0.29, 0.717) is 29.0 Å². The molecule has 0 radical (unpaired) electrons. The van der Waals surface area contributed by atoms with Crippen molar-refractivity contribution in [2.45, 2.75) is 6.42 Å². The molecule has 0 aliphatic rings. The topological polar surface area (TPSA) is 71.5 Å². The molecule has 0 fully saturated rings. The van der Waals surface area contributed by atoms with Crippen molar-refractivity contribution in [2.24, 2.45) is 0 Å². The fourth-order valence-electron chi connectivity index (χ4n) is 3.26. The van der Waals surface area contributed by atoms with Gasteiger partial charge in [-0.2, -0.15) is 0 Å². The zero-order valence-corrected chi connectivity index (χ0v) is 15.9. The second kappa shape index (κ2) is 8.02. The first-order valence-electron chi connectivity index (χ1n) is 9.25. The molecule has 2 N–H and O–H groups in total. The Kier molecular flexibility index (Phi) is 5.12. The van der Waals surface area contributed by atoms with Gasteiger partial charge in [0.15, 0.2) is 0 Å². The Morgan fingerprint density at radius 3 is 2.48 bits per heavy atom. The van der Waals surface area contributed by atoms with Crippen LogP contribution >= 0.6 is 0 Å². The van der Waals surface area contributed by atoms with E-state index in [1.165, 1.54) is 7.11 Å². The molecule has 0 saturated heterocycles. The van der Waals surface area contributed by atoms with Crippen LogP contribution in [0.1, 0.15) is 21.5 Å². The smallest absolute Gasteiger partial charge is 0.339 e. The number of esters is 1. The van der Waals surface area contributed by atoms with E-state index in [1.807, 2.05) is 60.7 Å². The van der Waals surface area contributed by atoms with Crippen LogP contribution in [0.25, 0.3) is 10.9 Å². The van der Waals surface area contributed by atoms with Gasteiger partial charge in [-0.3, -0.25) is 0 Å². The summed E-state index contributed by atoms with van der Waals surface area (Å²) in [7, 11) is 1.35. The number of nitrogens with zero attached hydrogens (tertiary/aromatic N) is 1. The second-order valence-electron chi connectivity index (χ2n) is 6.67. The summed E-state index contributed by atoms with van der Waals surface area (Å²) in [5, 5.41) is 14.8. The molecule has 0 amide bonds. The molecular weight excluding hydrogens is 364 g/mol. The largest absolute Gasteiger partial charge is 0.505 e. The van der Waals surface area contributed by atoms with E-state index in [2.05, 4.69) is 10.3 Å². The van der Waals surface area contributed by atoms with Crippen LogP contribution in [0.2, 0.25) is 0 Å². The molecule has 4 aromatic rings. The van der Waals surface area contributed by atoms with Crippen LogP contribution in [0.3, 0.4) is 0 Å². The molecule has 5 nitrogen and oxygen atoms in total. The number of methoxy groups -OCH3 is 1. The zero-order chi connectivity index (χ0) is 20.2. The molecule has 0 spiro atoms. The van der Waals surface area contributed by atoms with Gasteiger partial charge in [-0.05, 0) is 29.8 Å². The normalized spacial score (nSPS) is 10.7. The van der Waals surface area contributed by atoms with Crippen LogP contribution in [0.5, 0.6) is 5.75 Å². The van der Waals surface area contributed by atoms with Gasteiger partial charge in [0.25, 0.3) is 0 Å². The van der Waals surface area contributed by atoms with Crippen LogP contribution < -0.4 is 5.32 Å². The molecule has 29 heavy (non-hydrogen) atoms. The highest BCUT2D eigenvalue weighted by Gasteiger charge is 2.13. The first-order chi connectivity index (χ1) is 14.2. The molecule has 1 aromatic heterocycles. The number of benzene rings is 3. The number of nitrogens with one attached hydrogen (secondary N) is 1. The Labute approximate surface area is 168 Å². The van der Waals surface area contributed by atoms with Gasteiger partial charge in [0.05, 0.1) is 18.4 Å². The van der Waals surface area contributed by atoms with Crippen molar-refractivity contribution < 1.29 is 14.6 Å². The molecule has 0 atom stereocenters. The Morgan fingerprint density at radius 1 is 0.966 bits per heavy atom. The number of anilines is 2. The van der Waals surface area contributed by atoms with E-state index in [0.717, 1.165) is 16.5 Å². The van der Waals surface area contributed by atoms with Crippen LogP contribution in [0, 0.1) is 0 Å². The third kappa shape index (κ3) is 3.89. The highest BCUT2D eigenvalue weighted by Crippen LogP contribution is 2.31. The molecule has 0 aliphatic carbocycles. The lowest BCUT2D eigenvalue weighted by atomic mass is 10.0. The molecule has 0 aliphatic heterocycles. The fourth-order valence-corrected chi connectivity index (χ4v) is 3.26. The van der Waals surface area contributed by atoms with Gasteiger partial charge in [-0.25, -0.2) is 9.78 Å². The highest BCUT2D eigenvalue weighted by molar-refractivity contribution is 5.96. The number of hydrogen-bond acceptors (Lipinski definition) is 5. The second-order valence-corrected chi connectivity index (χ2v) is 6.67. The maximum atomic E-state index is 12.0. The van der Waals surface area contributed by atoms with Crippen molar-refractivity contribution in [3.8, 4) is 5.75 Å². The van der Waals surface area contributed by atoms with Crippen LogP contribution in [-0.4, -0.2) is 23.2 Å². The van der Waals surface area contributed by atoms with Crippen molar-refractivity contribution in [3.05, 3.63) is 95.6 Å². The molecule has 5 heteroatoms. The zero-order valence-electron chi connectivity index (χ0n) is 15.9. The van der Waals surface area contributed by atoms with E-state index in [-0.39, 0.29) is 5.75 Å². The number of carbonyl (C=O) groups excluding carboxylic acids is 1. The number of rotatable bonds is 5. The average Bonchev–Trinajstić information content (AvgIpc) is 2.76. The van der Waals surface area contributed by atoms with Gasteiger partial charge in [0.1, 0.15) is 17.1 Å². The van der Waals surface area contributed by atoms with Gasteiger partial charge in [0, 0.05) is 17.4 Å². The summed E-state index contributed by atoms with van der Waals surface area (Å²) in [4.78, 5) is 16.6. The van der Waals surface area contributed by atoms with Gasteiger partial charge in [0.2, 0.25) is 0 Å². The highest BCUT2D eigenvalue weighted by atomic mass is 16.5. The van der Waals surface area contributed by atoms with Crippen molar-refractivity contribution >= 4 is 28.4 Å². The molecule has 4 rings (SSSR count). The molecule has 3 aromatic carbocycles. The molecule has 1 heterocycles. The van der Waals surface area contributed by atoms with Gasteiger partial charge < -0.3 is 15.2 Å². The fraction of sp³-hybridized carbons (Fsp3) is 0.0833. The number of carbonyl (C=O) groups is 1. The monoisotopic (exact) mass is 384 g/mol. The molecule has 144 valence electrons. The van der Waals surface area contributed by atoms with Crippen LogP contribution in [0.15, 0.2) is 78.9 Å². The van der Waals surface area contributed by atoms with E-state index >= 15 is 0 Å². The summed E-state index contributed by atoms with van der Waals surface area (Å²) in [6.07, 6.45) is 0.618. The molecule has 0 unspecified atom stereocenters. The minimum Gasteiger partial charge on any atom is -0.505 e. The minimum atomic E-state index is -0.429. The summed E-state index contributed by atoms with van der Waals surface area (Å²) in [5.41, 5.74) is 3.44. The van der Waals surface area contributed by atoms with Crippen LogP contribution in [-0.2, 0) is 11.2 Å². The molecule has 0 saturated carbocycles. The quantitative estimate of drug-likeness (QED) is 0.471. The number of ether oxygens (including phenoxy) is 1. The third-order valence-corrected chi connectivity index (χ3v) is 4.75. The summed E-state index contributed by atoms with van der Waals surface area (Å²) in [6, 6.07) is 24.6. The SMILES string of the molecule is COC(=O)c1ccccc1Nc1ccc2ccc(Cc3ccccc3)c(O)c2n1. The number of fused-ring (bicyclic) bond motifs is 1. The number of para-hydroxylation sites is 1. The third-order valence-electron chi connectivity index (χ3n) is 4.75. The number of hydrogen-bond donors (Lipinski definition) is 2. The van der Waals surface area contributed by atoms with Gasteiger partial charge >= 0.3 is 5.97 Å². The number of phenolic OH excluding ortho intramolecular Hbond substituents is 1. The van der Waals surface area contributed by atoms with Gasteiger partial charge in [-0.15, -0.1) is 0 Å². The standard InChI is InChI=1S/C24H20N2O3/c1-29-24(28)19-9-5-6-10-20(19)25-21-14-13-17-11-12-18(23(27)22(17)26-21)15-16-7-3-2-4-8-16/h2-14,27H,15H2,1H3,(H,25,26). The van der Waals surface area contributed by atoms with E-state index in [9.17, 15) is 9.90 Å². The van der Waals surface area contributed by atoms with Crippen molar-refractivity contribution in [1.29, 1.82) is 0 Å². The van der Waals surface area contributed by atoms with Crippen molar-refractivity contribution in [1.82, 2.24) is 4.98 Å². The van der Waals surface area contributed by atoms with Crippen molar-refractivity contribution in [3.63, 3.8) is 0 Å². The Hall–Kier alpha value is -3.86. The number of aromatic nitrogens is 1. The maximum absolute atomic E-state index is 12.0. The van der Waals surface area contributed by atoms with E-state index < -0.39 is 5.97 Å². The minimum absolute atomic E-state index is 0.163. The lowest BCUT2D eigenvalue weighted by Gasteiger charge is -2.12. The predicted molar refractivity (Wildman–Crippen MR) is 114 cm³/mol. The Bertz CT molecular complexity index is 1170. The number of phenols is 1. The molecule has 0 bridgehead atoms. The first kappa shape index (κ1) is 18.5. The van der Waals surface area contributed by atoms with E-state index in [1.54, 1.807) is 18.2 Å². The number of pyridine rings is 1. The average molecular weight is 384 g/mol. The first-order valence-corrected chi connectivity index (χ1v) is 9.25. The van der Waals surface area contributed by atoms with Crippen LogP contribution in [0.4, 0.5) is 11.5 Å². The summed E-state index contributed by atoms with van der Waals surface area (Å²) in [6.45, 7) is 0. The van der Waals surface area contributed by atoms with Gasteiger partial charge in [-0.1, -0.05) is 54.6 Å². The Morgan fingerprint density at radius 2 is 1.69 bits per heavy atom. The van der Waals surface area contributed by atoms with Crippen molar-refractivity contribution in [2.75, 3.05) is 12.4 Å². The maximum Gasteiger partial charge on any atom is 0.339 e. The lowest BCUT2D eigenvalue weighted by molar-refractivity contribution is 0.0602. The predicted octanol–water partition coefficient (Wildman–Crippen LogP) is 5.06. The summed E-state index contributed by atoms with van der Waals surface area (Å²) in [5.74, 6) is 0.263. The lowest BCUT2D eigenvalue weighted by Crippen LogP contribution is -2.06. The number of aromatic hydroxyl groups is 1. The summed E-state index contributed by atoms with van der Waals surface area (Å²) >= 11 is 0. The Balaban J connectivity index is 1.69. The summed E-state index contributed by atoms with van der Waals surface area (Å²) < 4.78 is 4.84.